The van der Waals surface area contributed by atoms with Crippen LogP contribution in [-0.2, 0) is 4.79 Å². The zero-order valence-electron chi connectivity index (χ0n) is 8.70. The van der Waals surface area contributed by atoms with Crippen LogP contribution in [0, 0.1) is 5.92 Å². The van der Waals surface area contributed by atoms with E-state index in [2.05, 4.69) is 12.2 Å². The molecule has 0 saturated heterocycles. The van der Waals surface area contributed by atoms with Crippen molar-refractivity contribution in [2.75, 3.05) is 0 Å². The van der Waals surface area contributed by atoms with Crippen LogP contribution in [0.4, 0.5) is 0 Å². The van der Waals surface area contributed by atoms with Crippen molar-refractivity contribution in [1.82, 2.24) is 5.32 Å². The molecule has 80 valence electrons. The van der Waals surface area contributed by atoms with Crippen LogP contribution in [0.1, 0.15) is 39.0 Å². The van der Waals surface area contributed by atoms with Gasteiger partial charge in [-0.15, -0.1) is 0 Å². The molecule has 0 aromatic carbocycles. The summed E-state index contributed by atoms with van der Waals surface area (Å²) >= 11 is 0. The Morgan fingerprint density at radius 1 is 1.43 bits per heavy atom. The molecule has 0 unspecified atom stereocenters. The van der Waals surface area contributed by atoms with Gasteiger partial charge in [0.05, 0.1) is 0 Å². The molecular weight excluding hydrogens is 178 g/mol. The fraction of sp³-hybridized carbons (Fsp3) is 0.727. The molecule has 0 amide bonds. The first-order chi connectivity index (χ1) is 6.72. The van der Waals surface area contributed by atoms with Crippen LogP contribution in [0.3, 0.4) is 0 Å². The fourth-order valence-electron chi connectivity index (χ4n) is 1.99. The topological polar surface area (TPSA) is 49.3 Å². The molecule has 0 spiro atoms. The maximum absolute atomic E-state index is 10.2. The Labute approximate surface area is 85.2 Å². The lowest BCUT2D eigenvalue weighted by atomic mass is 9.85. The van der Waals surface area contributed by atoms with E-state index in [0.717, 1.165) is 12.0 Å². The van der Waals surface area contributed by atoms with E-state index < -0.39 is 5.97 Å². The highest BCUT2D eigenvalue weighted by Gasteiger charge is 2.18. The highest BCUT2D eigenvalue weighted by atomic mass is 16.4. The molecule has 0 heterocycles. The van der Waals surface area contributed by atoms with Gasteiger partial charge in [-0.25, -0.2) is 4.79 Å². The van der Waals surface area contributed by atoms with E-state index in [1.54, 1.807) is 6.20 Å². The molecule has 3 heteroatoms. The SMILES string of the molecule is CCC1CCC(N/C=C/C(=O)O)CC1. The molecule has 1 aliphatic carbocycles. The molecule has 1 saturated carbocycles. The smallest absolute Gasteiger partial charge is 0.329 e. The zero-order valence-corrected chi connectivity index (χ0v) is 8.70. The van der Waals surface area contributed by atoms with Crippen molar-refractivity contribution >= 4 is 5.97 Å². The maximum atomic E-state index is 10.2. The molecular formula is C11H19NO2. The third kappa shape index (κ3) is 3.81. The summed E-state index contributed by atoms with van der Waals surface area (Å²) in [4.78, 5) is 10.2. The van der Waals surface area contributed by atoms with Crippen LogP contribution in [0.2, 0.25) is 0 Å². The van der Waals surface area contributed by atoms with Gasteiger partial charge < -0.3 is 10.4 Å². The Balaban J connectivity index is 2.19. The van der Waals surface area contributed by atoms with Gasteiger partial charge in [-0.1, -0.05) is 13.3 Å². The van der Waals surface area contributed by atoms with Crippen molar-refractivity contribution in [3.63, 3.8) is 0 Å². The Hall–Kier alpha value is -0.990. The Bertz CT molecular complexity index is 205. The first kappa shape index (κ1) is 11.1. The normalized spacial score (nSPS) is 27.8. The molecule has 0 bridgehead atoms. The number of carboxylic acid groups (broad SMARTS) is 1. The maximum Gasteiger partial charge on any atom is 0.329 e. The fourth-order valence-corrected chi connectivity index (χ4v) is 1.99. The van der Waals surface area contributed by atoms with E-state index in [4.69, 9.17) is 5.11 Å². The molecule has 0 aliphatic heterocycles. The first-order valence-corrected chi connectivity index (χ1v) is 5.38. The van der Waals surface area contributed by atoms with Gasteiger partial charge in [0.25, 0.3) is 0 Å². The van der Waals surface area contributed by atoms with Gasteiger partial charge in [0.15, 0.2) is 0 Å². The number of aliphatic carboxylic acids is 1. The number of carboxylic acids is 1. The van der Waals surface area contributed by atoms with E-state index in [-0.39, 0.29) is 0 Å². The molecule has 2 N–H and O–H groups in total. The average Bonchev–Trinajstić information content (AvgIpc) is 2.18. The monoisotopic (exact) mass is 197 g/mol. The summed E-state index contributed by atoms with van der Waals surface area (Å²) in [6.45, 7) is 2.24. The summed E-state index contributed by atoms with van der Waals surface area (Å²) in [7, 11) is 0. The number of rotatable bonds is 4. The number of carbonyl (C=O) groups is 1. The van der Waals surface area contributed by atoms with Gasteiger partial charge in [0, 0.05) is 18.3 Å². The molecule has 3 nitrogen and oxygen atoms in total. The highest BCUT2D eigenvalue weighted by Crippen LogP contribution is 2.26. The summed E-state index contributed by atoms with van der Waals surface area (Å²) in [5.41, 5.74) is 0. The molecule has 1 fully saturated rings. The Kier molecular flexibility index (Phi) is 4.50. The lowest BCUT2D eigenvalue weighted by molar-refractivity contribution is -0.131. The first-order valence-electron chi connectivity index (χ1n) is 5.38. The lowest BCUT2D eigenvalue weighted by Gasteiger charge is -2.27. The van der Waals surface area contributed by atoms with Crippen LogP contribution in [0.25, 0.3) is 0 Å². The van der Waals surface area contributed by atoms with Gasteiger partial charge >= 0.3 is 5.97 Å². The third-order valence-electron chi connectivity index (χ3n) is 2.98. The zero-order chi connectivity index (χ0) is 10.4. The Morgan fingerprint density at radius 2 is 2.07 bits per heavy atom. The summed E-state index contributed by atoms with van der Waals surface area (Å²) in [6.07, 6.45) is 8.87. The van der Waals surface area contributed by atoms with Gasteiger partial charge in [-0.05, 0) is 31.6 Å². The van der Waals surface area contributed by atoms with Crippen molar-refractivity contribution < 1.29 is 9.90 Å². The van der Waals surface area contributed by atoms with Crippen molar-refractivity contribution in [2.24, 2.45) is 5.92 Å². The minimum atomic E-state index is -0.889. The minimum absolute atomic E-state index is 0.480. The third-order valence-corrected chi connectivity index (χ3v) is 2.98. The van der Waals surface area contributed by atoms with E-state index in [0.29, 0.717) is 6.04 Å². The molecule has 0 aromatic heterocycles. The van der Waals surface area contributed by atoms with Crippen LogP contribution < -0.4 is 5.32 Å². The number of hydrogen-bond donors (Lipinski definition) is 2. The molecule has 1 aliphatic rings. The van der Waals surface area contributed by atoms with E-state index >= 15 is 0 Å². The van der Waals surface area contributed by atoms with Gasteiger partial charge in [0.1, 0.15) is 0 Å². The molecule has 1 rings (SSSR count). The van der Waals surface area contributed by atoms with Crippen molar-refractivity contribution in [1.29, 1.82) is 0 Å². The van der Waals surface area contributed by atoms with Crippen LogP contribution in [0.5, 0.6) is 0 Å². The van der Waals surface area contributed by atoms with Crippen molar-refractivity contribution in [3.8, 4) is 0 Å². The summed E-state index contributed by atoms with van der Waals surface area (Å²) in [6, 6.07) is 0.480. The van der Waals surface area contributed by atoms with Crippen LogP contribution in [-0.4, -0.2) is 17.1 Å². The highest BCUT2D eigenvalue weighted by molar-refractivity contribution is 5.79. The predicted molar refractivity (Wildman–Crippen MR) is 55.9 cm³/mol. The van der Waals surface area contributed by atoms with E-state index in [1.807, 2.05) is 0 Å². The second-order valence-electron chi connectivity index (χ2n) is 3.96. The number of nitrogens with one attached hydrogen (secondary N) is 1. The quantitative estimate of drug-likeness (QED) is 0.679. The van der Waals surface area contributed by atoms with Crippen molar-refractivity contribution in [3.05, 3.63) is 12.3 Å². The van der Waals surface area contributed by atoms with E-state index in [1.165, 1.54) is 32.1 Å². The minimum Gasteiger partial charge on any atom is -0.478 e. The molecule has 14 heavy (non-hydrogen) atoms. The van der Waals surface area contributed by atoms with Gasteiger partial charge in [-0.2, -0.15) is 0 Å². The predicted octanol–water partition coefficient (Wildman–Crippen LogP) is 2.14. The molecule has 0 atom stereocenters. The second kappa shape index (κ2) is 5.68. The largest absolute Gasteiger partial charge is 0.478 e. The average molecular weight is 197 g/mol. The summed E-state index contributed by atoms with van der Waals surface area (Å²) < 4.78 is 0. The molecule has 0 radical (unpaired) electrons. The van der Waals surface area contributed by atoms with Crippen LogP contribution >= 0.6 is 0 Å². The van der Waals surface area contributed by atoms with Crippen molar-refractivity contribution in [2.45, 2.75) is 45.1 Å². The van der Waals surface area contributed by atoms with Gasteiger partial charge in [0.2, 0.25) is 0 Å². The van der Waals surface area contributed by atoms with Crippen LogP contribution in [0.15, 0.2) is 12.3 Å². The van der Waals surface area contributed by atoms with Gasteiger partial charge in [-0.3, -0.25) is 0 Å². The molecule has 0 aromatic rings. The van der Waals surface area contributed by atoms with E-state index in [9.17, 15) is 4.79 Å². The Morgan fingerprint density at radius 3 is 2.57 bits per heavy atom. The number of hydrogen-bond acceptors (Lipinski definition) is 2. The lowest BCUT2D eigenvalue weighted by Crippen LogP contribution is -2.29. The summed E-state index contributed by atoms with van der Waals surface area (Å²) in [5.74, 6) is -0.00347. The summed E-state index contributed by atoms with van der Waals surface area (Å²) in [5, 5.41) is 11.5. The second-order valence-corrected chi connectivity index (χ2v) is 3.96. The standard InChI is InChI=1S/C11H19NO2/c1-2-9-3-5-10(6-4-9)12-8-7-11(13)14/h7-10,12H,2-6H2,1H3,(H,13,14)/b8-7+.